The van der Waals surface area contributed by atoms with E-state index in [9.17, 15) is 9.59 Å². The van der Waals surface area contributed by atoms with E-state index in [-0.39, 0.29) is 11.5 Å². The molecule has 2 aliphatic rings. The largest absolute Gasteiger partial charge is 0.336 e. The van der Waals surface area contributed by atoms with Gasteiger partial charge in [-0.1, -0.05) is 43.5 Å². The summed E-state index contributed by atoms with van der Waals surface area (Å²) >= 11 is 0. The zero-order chi connectivity index (χ0) is 22.1. The number of piperazine rings is 1. The fraction of sp³-hybridized carbons (Fsp3) is 0.423. The molecule has 2 aromatic carbocycles. The Balaban J connectivity index is 1.30. The van der Waals surface area contributed by atoms with Crippen LogP contribution in [-0.2, 0) is 7.05 Å². The molecule has 5 rings (SSSR count). The lowest BCUT2D eigenvalue weighted by Gasteiger charge is -2.40. The molecule has 32 heavy (non-hydrogen) atoms. The summed E-state index contributed by atoms with van der Waals surface area (Å²) in [6.45, 7) is 3.49. The van der Waals surface area contributed by atoms with E-state index in [1.54, 1.807) is 11.6 Å². The molecule has 0 spiro atoms. The predicted molar refractivity (Wildman–Crippen MR) is 127 cm³/mol. The highest BCUT2D eigenvalue weighted by Crippen LogP contribution is 2.24. The highest BCUT2D eigenvalue weighted by Gasteiger charge is 2.27. The lowest BCUT2D eigenvalue weighted by atomic mass is 9.94. The Labute approximate surface area is 188 Å². The van der Waals surface area contributed by atoms with Crippen LogP contribution in [-0.4, -0.2) is 57.5 Å². The summed E-state index contributed by atoms with van der Waals surface area (Å²) in [7, 11) is 1.76. The molecule has 6 heteroatoms. The third-order valence-corrected chi connectivity index (χ3v) is 7.08. The Morgan fingerprint density at radius 2 is 1.59 bits per heavy atom. The van der Waals surface area contributed by atoms with Crippen molar-refractivity contribution in [3.63, 3.8) is 0 Å². The number of fused-ring (bicyclic) bond motifs is 1. The van der Waals surface area contributed by atoms with E-state index in [0.29, 0.717) is 17.3 Å². The number of amides is 1. The maximum Gasteiger partial charge on any atom is 0.277 e. The normalized spacial score (nSPS) is 18.2. The molecule has 1 aliphatic heterocycles. The van der Waals surface area contributed by atoms with Crippen LogP contribution in [0.25, 0.3) is 22.3 Å². The van der Waals surface area contributed by atoms with Crippen LogP contribution in [0.4, 0.5) is 0 Å². The topological polar surface area (TPSA) is 58.4 Å². The summed E-state index contributed by atoms with van der Waals surface area (Å²) < 4.78 is 1.63. The van der Waals surface area contributed by atoms with Crippen LogP contribution >= 0.6 is 0 Å². The van der Waals surface area contributed by atoms with E-state index < -0.39 is 0 Å². The molecule has 2 heterocycles. The number of para-hydroxylation sites is 2. The van der Waals surface area contributed by atoms with Gasteiger partial charge >= 0.3 is 0 Å². The minimum atomic E-state index is -0.137. The van der Waals surface area contributed by atoms with Crippen molar-refractivity contribution in [1.29, 1.82) is 0 Å². The minimum absolute atomic E-state index is 0.0687. The third-order valence-electron chi connectivity index (χ3n) is 7.08. The summed E-state index contributed by atoms with van der Waals surface area (Å²) in [5.74, 6) is 0.0687. The molecule has 0 bridgehead atoms. The van der Waals surface area contributed by atoms with Gasteiger partial charge in [0.1, 0.15) is 5.69 Å². The summed E-state index contributed by atoms with van der Waals surface area (Å²) in [4.78, 5) is 35.0. The van der Waals surface area contributed by atoms with E-state index >= 15 is 0 Å². The van der Waals surface area contributed by atoms with Gasteiger partial charge in [0.05, 0.1) is 11.0 Å². The van der Waals surface area contributed by atoms with Crippen molar-refractivity contribution in [1.82, 2.24) is 19.4 Å². The van der Waals surface area contributed by atoms with Crippen molar-refractivity contribution in [3.8, 4) is 11.3 Å². The fourth-order valence-electron chi connectivity index (χ4n) is 5.16. The van der Waals surface area contributed by atoms with Crippen LogP contribution in [0.15, 0.2) is 53.3 Å². The van der Waals surface area contributed by atoms with E-state index in [1.165, 1.54) is 32.1 Å². The second kappa shape index (κ2) is 8.87. The van der Waals surface area contributed by atoms with Gasteiger partial charge in [-0.05, 0) is 37.1 Å². The van der Waals surface area contributed by atoms with E-state index in [1.807, 2.05) is 53.4 Å². The number of aromatic nitrogens is 2. The van der Waals surface area contributed by atoms with Crippen LogP contribution < -0.4 is 5.56 Å². The lowest BCUT2D eigenvalue weighted by molar-refractivity contribution is 0.0523. The van der Waals surface area contributed by atoms with Gasteiger partial charge in [0.25, 0.3) is 11.5 Å². The SMILES string of the molecule is Cn1c(=O)c(-c2ccc(C(=O)N3CCN(C4CCCCC4)CC3)cc2)nc2ccccc21. The summed E-state index contributed by atoms with van der Waals surface area (Å²) in [5.41, 5.74) is 3.25. The minimum Gasteiger partial charge on any atom is -0.336 e. The first-order valence-electron chi connectivity index (χ1n) is 11.7. The van der Waals surface area contributed by atoms with Crippen LogP contribution in [0, 0.1) is 0 Å². The number of hydrogen-bond acceptors (Lipinski definition) is 4. The monoisotopic (exact) mass is 430 g/mol. The molecule has 1 aliphatic carbocycles. The van der Waals surface area contributed by atoms with Gasteiger partial charge < -0.3 is 9.47 Å². The van der Waals surface area contributed by atoms with Crippen molar-refractivity contribution >= 4 is 16.9 Å². The maximum atomic E-state index is 13.1. The second-order valence-electron chi connectivity index (χ2n) is 9.01. The van der Waals surface area contributed by atoms with Gasteiger partial charge in [0, 0.05) is 50.4 Å². The molecule has 1 aromatic heterocycles. The fourth-order valence-corrected chi connectivity index (χ4v) is 5.16. The molecular weight excluding hydrogens is 400 g/mol. The first-order chi connectivity index (χ1) is 15.6. The molecular formula is C26H30N4O2. The molecule has 0 N–H and O–H groups in total. The van der Waals surface area contributed by atoms with Gasteiger partial charge in [-0.2, -0.15) is 0 Å². The quantitative estimate of drug-likeness (QED) is 0.636. The van der Waals surface area contributed by atoms with Crippen molar-refractivity contribution in [2.24, 2.45) is 7.05 Å². The number of carbonyl (C=O) groups is 1. The molecule has 2 fully saturated rings. The standard InChI is InChI=1S/C26H30N4O2/c1-28-23-10-6-5-9-22(23)27-24(26(28)32)19-11-13-20(14-12-19)25(31)30-17-15-29(16-18-30)21-7-3-2-4-8-21/h5-6,9-14,21H,2-4,7-8,15-18H2,1H3. The van der Waals surface area contributed by atoms with Gasteiger partial charge in [-0.15, -0.1) is 0 Å². The van der Waals surface area contributed by atoms with Crippen LogP contribution in [0.1, 0.15) is 42.5 Å². The molecule has 0 unspecified atom stereocenters. The van der Waals surface area contributed by atoms with Crippen LogP contribution in [0.5, 0.6) is 0 Å². The van der Waals surface area contributed by atoms with Gasteiger partial charge in [0.15, 0.2) is 0 Å². The summed E-state index contributed by atoms with van der Waals surface area (Å²) in [6.07, 6.45) is 6.65. The van der Waals surface area contributed by atoms with Crippen molar-refractivity contribution in [2.45, 2.75) is 38.1 Å². The number of aryl methyl sites for hydroxylation is 1. The molecule has 3 aromatic rings. The summed E-state index contributed by atoms with van der Waals surface area (Å²) in [6, 6.07) is 15.6. The Morgan fingerprint density at radius 1 is 0.906 bits per heavy atom. The van der Waals surface area contributed by atoms with Crippen molar-refractivity contribution < 1.29 is 4.79 Å². The average molecular weight is 431 g/mol. The summed E-state index contributed by atoms with van der Waals surface area (Å²) in [5, 5.41) is 0. The zero-order valence-corrected chi connectivity index (χ0v) is 18.7. The number of hydrogen-bond donors (Lipinski definition) is 0. The maximum absolute atomic E-state index is 13.1. The second-order valence-corrected chi connectivity index (χ2v) is 9.01. The molecule has 1 amide bonds. The average Bonchev–Trinajstić information content (AvgIpc) is 2.86. The highest BCUT2D eigenvalue weighted by atomic mass is 16.2. The first kappa shape index (κ1) is 20.9. The highest BCUT2D eigenvalue weighted by molar-refractivity contribution is 5.94. The van der Waals surface area contributed by atoms with Crippen LogP contribution in [0.3, 0.4) is 0 Å². The number of carbonyl (C=O) groups excluding carboxylic acids is 1. The van der Waals surface area contributed by atoms with Gasteiger partial charge in [-0.25, -0.2) is 4.98 Å². The van der Waals surface area contributed by atoms with Crippen molar-refractivity contribution in [3.05, 3.63) is 64.4 Å². The van der Waals surface area contributed by atoms with E-state index in [2.05, 4.69) is 9.88 Å². The number of benzene rings is 2. The Morgan fingerprint density at radius 3 is 2.31 bits per heavy atom. The van der Waals surface area contributed by atoms with Gasteiger partial charge in [-0.3, -0.25) is 14.5 Å². The first-order valence-corrected chi connectivity index (χ1v) is 11.7. The van der Waals surface area contributed by atoms with Crippen molar-refractivity contribution in [2.75, 3.05) is 26.2 Å². The zero-order valence-electron chi connectivity index (χ0n) is 18.7. The molecule has 6 nitrogen and oxygen atoms in total. The molecule has 0 atom stereocenters. The van der Waals surface area contributed by atoms with Gasteiger partial charge in [0.2, 0.25) is 0 Å². The molecule has 166 valence electrons. The smallest absolute Gasteiger partial charge is 0.277 e. The Kier molecular flexibility index (Phi) is 5.79. The molecule has 1 saturated heterocycles. The lowest BCUT2D eigenvalue weighted by Crippen LogP contribution is -2.52. The molecule has 1 saturated carbocycles. The van der Waals surface area contributed by atoms with E-state index in [0.717, 1.165) is 42.8 Å². The number of nitrogens with zero attached hydrogens (tertiary/aromatic N) is 4. The Bertz CT molecular complexity index is 1170. The number of rotatable bonds is 3. The van der Waals surface area contributed by atoms with Crippen LogP contribution in [0.2, 0.25) is 0 Å². The van der Waals surface area contributed by atoms with E-state index in [4.69, 9.17) is 0 Å². The predicted octanol–water partition coefficient (Wildman–Crippen LogP) is 3.69. The molecule has 0 radical (unpaired) electrons. The Hall–Kier alpha value is -2.99. The third kappa shape index (κ3) is 3.95.